The highest BCUT2D eigenvalue weighted by atomic mass is 32.2. The molecule has 0 aromatic carbocycles. The Bertz CT molecular complexity index is 485. The normalized spacial score (nSPS) is 11.1. The van der Waals surface area contributed by atoms with Gasteiger partial charge in [-0.1, -0.05) is 17.8 Å². The highest BCUT2D eigenvalue weighted by Gasteiger charge is 2.13. The van der Waals surface area contributed by atoms with Gasteiger partial charge in [0.05, 0.1) is 24.7 Å². The smallest absolute Gasteiger partial charge is 0.191 e. The van der Waals surface area contributed by atoms with Gasteiger partial charge in [-0.15, -0.1) is 21.5 Å². The molecule has 5 nitrogen and oxygen atoms in total. The molecule has 0 saturated carbocycles. The van der Waals surface area contributed by atoms with Crippen LogP contribution in [-0.2, 0) is 11.3 Å². The lowest BCUT2D eigenvalue weighted by Gasteiger charge is -2.06. The number of aliphatic hydroxyl groups excluding tert-OH is 1. The van der Waals surface area contributed by atoms with Crippen molar-refractivity contribution < 1.29 is 9.84 Å². The van der Waals surface area contributed by atoms with Crippen LogP contribution in [0.1, 0.15) is 6.92 Å². The van der Waals surface area contributed by atoms with Crippen molar-refractivity contribution in [3.8, 4) is 10.7 Å². The number of rotatable bonds is 8. The van der Waals surface area contributed by atoms with E-state index in [0.717, 1.165) is 28.2 Å². The molecular weight excluding hydrogens is 282 g/mol. The SMILES string of the molecule is CCn1c(SCCOCCO)nnc1-c1cccs1. The second kappa shape index (κ2) is 7.64. The van der Waals surface area contributed by atoms with E-state index in [0.29, 0.717) is 13.2 Å². The third-order valence-electron chi connectivity index (χ3n) is 2.47. The standard InChI is InChI=1S/C12H17N3O2S2/c1-2-15-11(10-4-3-8-18-10)13-14-12(15)19-9-7-17-6-5-16/h3-4,8,16H,2,5-7,9H2,1H3. The van der Waals surface area contributed by atoms with E-state index in [2.05, 4.69) is 27.8 Å². The van der Waals surface area contributed by atoms with Crippen molar-refractivity contribution in [3.63, 3.8) is 0 Å². The molecule has 0 unspecified atom stereocenters. The number of ether oxygens (including phenoxy) is 1. The first kappa shape index (κ1) is 14.5. The number of hydrogen-bond acceptors (Lipinski definition) is 6. The molecule has 0 bridgehead atoms. The van der Waals surface area contributed by atoms with Gasteiger partial charge in [-0.05, 0) is 18.4 Å². The Morgan fingerprint density at radius 1 is 1.42 bits per heavy atom. The molecule has 2 rings (SSSR count). The number of nitrogens with zero attached hydrogens (tertiary/aromatic N) is 3. The quantitative estimate of drug-likeness (QED) is 0.598. The predicted molar refractivity (Wildman–Crippen MR) is 77.6 cm³/mol. The Morgan fingerprint density at radius 2 is 2.32 bits per heavy atom. The van der Waals surface area contributed by atoms with Crippen LogP contribution in [0.2, 0.25) is 0 Å². The second-order valence-electron chi connectivity index (χ2n) is 3.71. The van der Waals surface area contributed by atoms with Crippen LogP contribution < -0.4 is 0 Å². The highest BCUT2D eigenvalue weighted by Crippen LogP contribution is 2.26. The summed E-state index contributed by atoms with van der Waals surface area (Å²) in [4.78, 5) is 1.14. The summed E-state index contributed by atoms with van der Waals surface area (Å²) >= 11 is 3.30. The summed E-state index contributed by atoms with van der Waals surface area (Å²) in [5.74, 6) is 1.74. The van der Waals surface area contributed by atoms with Crippen LogP contribution in [0, 0.1) is 0 Å². The van der Waals surface area contributed by atoms with Crippen molar-refractivity contribution in [1.82, 2.24) is 14.8 Å². The average Bonchev–Trinajstić information content (AvgIpc) is 3.06. The maximum Gasteiger partial charge on any atom is 0.191 e. The van der Waals surface area contributed by atoms with E-state index in [9.17, 15) is 0 Å². The van der Waals surface area contributed by atoms with Crippen LogP contribution in [0.4, 0.5) is 0 Å². The summed E-state index contributed by atoms with van der Waals surface area (Å²) in [7, 11) is 0. The van der Waals surface area contributed by atoms with Crippen LogP contribution in [0.25, 0.3) is 10.7 Å². The molecule has 0 atom stereocenters. The Balaban J connectivity index is 1.98. The first-order chi connectivity index (χ1) is 9.36. The Labute approximate surface area is 120 Å². The minimum absolute atomic E-state index is 0.0678. The van der Waals surface area contributed by atoms with Gasteiger partial charge in [-0.2, -0.15) is 0 Å². The van der Waals surface area contributed by atoms with Crippen molar-refractivity contribution in [2.24, 2.45) is 0 Å². The minimum Gasteiger partial charge on any atom is -0.394 e. The lowest BCUT2D eigenvalue weighted by atomic mass is 10.4. The van der Waals surface area contributed by atoms with Crippen LogP contribution >= 0.6 is 23.1 Å². The summed E-state index contributed by atoms with van der Waals surface area (Å²) < 4.78 is 7.34. The molecule has 0 aliphatic carbocycles. The van der Waals surface area contributed by atoms with E-state index in [4.69, 9.17) is 9.84 Å². The molecule has 0 aliphatic rings. The Kier molecular flexibility index (Phi) is 5.84. The van der Waals surface area contributed by atoms with E-state index >= 15 is 0 Å². The zero-order chi connectivity index (χ0) is 13.5. The maximum atomic E-state index is 8.62. The van der Waals surface area contributed by atoms with E-state index in [1.165, 1.54) is 0 Å². The molecule has 0 saturated heterocycles. The zero-order valence-electron chi connectivity index (χ0n) is 10.8. The lowest BCUT2D eigenvalue weighted by Crippen LogP contribution is -2.04. The fraction of sp³-hybridized carbons (Fsp3) is 0.500. The van der Waals surface area contributed by atoms with Gasteiger partial charge in [0.15, 0.2) is 11.0 Å². The third-order valence-corrected chi connectivity index (χ3v) is 4.27. The van der Waals surface area contributed by atoms with Gasteiger partial charge in [-0.25, -0.2) is 0 Å². The van der Waals surface area contributed by atoms with Crippen molar-refractivity contribution in [2.75, 3.05) is 25.6 Å². The minimum atomic E-state index is 0.0678. The Hall–Kier alpha value is -0.890. The summed E-state index contributed by atoms with van der Waals surface area (Å²) in [6, 6.07) is 4.07. The fourth-order valence-corrected chi connectivity index (χ4v) is 3.20. The molecule has 104 valence electrons. The van der Waals surface area contributed by atoms with Gasteiger partial charge in [0.1, 0.15) is 0 Å². The predicted octanol–water partition coefficient (Wildman–Crippen LogP) is 2.13. The molecule has 2 aromatic heterocycles. The molecule has 1 N–H and O–H groups in total. The molecule has 2 aromatic rings. The van der Waals surface area contributed by atoms with Gasteiger partial charge < -0.3 is 14.4 Å². The molecule has 0 amide bonds. The number of hydrogen-bond donors (Lipinski definition) is 1. The van der Waals surface area contributed by atoms with Crippen LogP contribution in [0.3, 0.4) is 0 Å². The summed E-state index contributed by atoms with van der Waals surface area (Å²) in [5.41, 5.74) is 0. The summed E-state index contributed by atoms with van der Waals surface area (Å²) in [6.45, 7) is 4.00. The topological polar surface area (TPSA) is 60.2 Å². The lowest BCUT2D eigenvalue weighted by molar-refractivity contribution is 0.103. The summed E-state index contributed by atoms with van der Waals surface area (Å²) in [5, 5.41) is 20.1. The van der Waals surface area contributed by atoms with Gasteiger partial charge in [0.25, 0.3) is 0 Å². The largest absolute Gasteiger partial charge is 0.394 e. The van der Waals surface area contributed by atoms with Gasteiger partial charge in [0, 0.05) is 12.3 Å². The van der Waals surface area contributed by atoms with Gasteiger partial charge in [0.2, 0.25) is 0 Å². The van der Waals surface area contributed by atoms with Crippen LogP contribution in [-0.4, -0.2) is 45.4 Å². The number of thioether (sulfide) groups is 1. The Morgan fingerprint density at radius 3 is 3.00 bits per heavy atom. The first-order valence-corrected chi connectivity index (χ1v) is 8.01. The van der Waals surface area contributed by atoms with E-state index in [1.807, 2.05) is 11.4 Å². The van der Waals surface area contributed by atoms with Gasteiger partial charge >= 0.3 is 0 Å². The molecule has 2 heterocycles. The van der Waals surface area contributed by atoms with Crippen molar-refractivity contribution in [2.45, 2.75) is 18.6 Å². The molecular formula is C12H17N3O2S2. The molecule has 0 spiro atoms. The molecule has 7 heteroatoms. The molecule has 0 aliphatic heterocycles. The second-order valence-corrected chi connectivity index (χ2v) is 5.72. The number of thiophene rings is 1. The monoisotopic (exact) mass is 299 g/mol. The van der Waals surface area contributed by atoms with Gasteiger partial charge in [-0.3, -0.25) is 0 Å². The van der Waals surface area contributed by atoms with E-state index in [1.54, 1.807) is 23.1 Å². The molecule has 0 fully saturated rings. The number of aliphatic hydroxyl groups is 1. The van der Waals surface area contributed by atoms with Crippen LogP contribution in [0.15, 0.2) is 22.7 Å². The van der Waals surface area contributed by atoms with Crippen molar-refractivity contribution in [1.29, 1.82) is 0 Å². The fourth-order valence-electron chi connectivity index (χ4n) is 1.63. The van der Waals surface area contributed by atoms with Crippen molar-refractivity contribution >= 4 is 23.1 Å². The van der Waals surface area contributed by atoms with Crippen molar-refractivity contribution in [3.05, 3.63) is 17.5 Å². The highest BCUT2D eigenvalue weighted by molar-refractivity contribution is 7.99. The average molecular weight is 299 g/mol. The van der Waals surface area contributed by atoms with E-state index < -0.39 is 0 Å². The van der Waals surface area contributed by atoms with E-state index in [-0.39, 0.29) is 6.61 Å². The maximum absolute atomic E-state index is 8.62. The molecule has 0 radical (unpaired) electrons. The molecule has 19 heavy (non-hydrogen) atoms. The van der Waals surface area contributed by atoms with Crippen LogP contribution in [0.5, 0.6) is 0 Å². The first-order valence-electron chi connectivity index (χ1n) is 6.15. The number of aromatic nitrogens is 3. The third kappa shape index (κ3) is 3.79. The summed E-state index contributed by atoms with van der Waals surface area (Å²) in [6.07, 6.45) is 0. The zero-order valence-corrected chi connectivity index (χ0v) is 12.4.